The van der Waals surface area contributed by atoms with Crippen LogP contribution in [0.1, 0.15) is 72.1 Å². The Morgan fingerprint density at radius 2 is 1.83 bits per heavy atom. The highest BCUT2D eigenvalue weighted by Crippen LogP contribution is 2.42. The molecule has 270 valence electrons. The lowest BCUT2D eigenvalue weighted by Gasteiger charge is -2.44. The normalized spacial score (nSPS) is 20.1. The quantitative estimate of drug-likeness (QED) is 0.0401. The molecule has 15 heteroatoms. The standard InChI is InChI=1S/C18H25N3O3.C12H22N4O3S.C2H4.CH4S/c1-12-8-13-4-2-5-14(9-13)17(12)20-16(23)10-21-7-3-6-15(18(21)24)19-11-22;1-4-8(13)10(20-14)12(19)16-7(2)5-6-9(17)11(18)15-3;2*1-2/h3,6-7,11-14,17H,2,4-5,8-10H2,1H3,(H,19,22)(H,20,23);7H,4-6,13-14H2,1-3H3,(H,15,18)(H,16,19);1-2H2;2H,1H3/b;10-8-;;. The molecule has 0 saturated heterocycles. The molecule has 2 saturated carbocycles. The Morgan fingerprint density at radius 3 is 2.42 bits per heavy atom. The summed E-state index contributed by atoms with van der Waals surface area (Å²) in [6.45, 7) is 11.8. The molecule has 13 nitrogen and oxygen atoms in total. The SMILES string of the molecule is C=C.CC/C(N)=C(/SN)C(=O)NC(C)CCC(=O)C(=O)NC.CC1CC2CCCC(C2)C1NC(=O)Cn1cccc(NC=O)c1=O.CS. The van der Waals surface area contributed by atoms with Crippen LogP contribution in [-0.2, 0) is 30.5 Å². The number of likely N-dealkylation sites (N-methyl/N-ethyl adjacent to an activating group) is 1. The van der Waals surface area contributed by atoms with Crippen LogP contribution in [0.4, 0.5) is 5.69 Å². The van der Waals surface area contributed by atoms with Crippen LogP contribution in [0.15, 0.2) is 46.9 Å². The number of ketones is 1. The summed E-state index contributed by atoms with van der Waals surface area (Å²) in [6, 6.07) is 3.12. The van der Waals surface area contributed by atoms with E-state index in [9.17, 15) is 28.8 Å². The van der Waals surface area contributed by atoms with E-state index in [0.717, 1.165) is 17.9 Å². The van der Waals surface area contributed by atoms with Gasteiger partial charge >= 0.3 is 0 Å². The molecule has 5 unspecified atom stereocenters. The zero-order valence-corrected chi connectivity index (χ0v) is 30.6. The van der Waals surface area contributed by atoms with Gasteiger partial charge in [0.1, 0.15) is 17.1 Å². The van der Waals surface area contributed by atoms with Crippen LogP contribution in [-0.4, -0.2) is 59.9 Å². The molecule has 2 aliphatic rings. The third kappa shape index (κ3) is 14.7. The first-order valence-corrected chi connectivity index (χ1v) is 17.8. The van der Waals surface area contributed by atoms with Crippen molar-refractivity contribution < 1.29 is 24.0 Å². The third-order valence-corrected chi connectivity index (χ3v) is 8.87. The number of anilines is 1. The number of hydrogen-bond acceptors (Lipinski definition) is 10. The van der Waals surface area contributed by atoms with E-state index in [0.29, 0.717) is 36.8 Å². The first-order chi connectivity index (χ1) is 22.9. The maximum Gasteiger partial charge on any atom is 0.287 e. The van der Waals surface area contributed by atoms with Crippen molar-refractivity contribution in [2.24, 2.45) is 28.6 Å². The topological polar surface area (TPSA) is 208 Å². The van der Waals surface area contributed by atoms with Gasteiger partial charge in [-0.3, -0.25) is 33.9 Å². The lowest BCUT2D eigenvalue weighted by Crippen LogP contribution is -2.50. The number of Topliss-reactive ketones (excluding diaryl/α,β-unsaturated/α-hetero) is 1. The van der Waals surface area contributed by atoms with Gasteiger partial charge in [0.15, 0.2) is 0 Å². The van der Waals surface area contributed by atoms with Gasteiger partial charge in [-0.05, 0) is 87.1 Å². The Kier molecular flexibility index (Phi) is 22.7. The summed E-state index contributed by atoms with van der Waals surface area (Å²) in [6.07, 6.45) is 10.9. The molecule has 8 N–H and O–H groups in total. The number of amides is 4. The van der Waals surface area contributed by atoms with Crippen molar-refractivity contribution in [2.75, 3.05) is 18.6 Å². The molecule has 2 bridgehead atoms. The number of nitrogens with two attached hydrogens (primary N) is 2. The second-order valence-electron chi connectivity index (χ2n) is 11.5. The summed E-state index contributed by atoms with van der Waals surface area (Å²) in [5.74, 6) is 0.232. The summed E-state index contributed by atoms with van der Waals surface area (Å²) < 4.78 is 1.33. The number of allylic oxidation sites excluding steroid dienone is 1. The van der Waals surface area contributed by atoms with Gasteiger partial charge < -0.3 is 31.6 Å². The zero-order valence-electron chi connectivity index (χ0n) is 28.9. The summed E-state index contributed by atoms with van der Waals surface area (Å²) >= 11 is 4.32. The number of fused-ring (bicyclic) bond motifs is 2. The number of hydrogen-bond donors (Lipinski definition) is 7. The number of pyridine rings is 1. The number of carbonyl (C=O) groups excluding carboxylic acids is 5. The molecule has 4 amide bonds. The minimum absolute atomic E-state index is 0.0213. The average Bonchev–Trinajstić information content (AvgIpc) is 3.09. The highest BCUT2D eigenvalue weighted by atomic mass is 32.2. The van der Waals surface area contributed by atoms with Crippen LogP contribution in [0.25, 0.3) is 0 Å². The predicted octanol–water partition coefficient (Wildman–Crippen LogP) is 2.87. The van der Waals surface area contributed by atoms with Gasteiger partial charge in [-0.1, -0.05) is 26.7 Å². The first kappa shape index (κ1) is 44.4. The number of nitrogens with zero attached hydrogens (tertiary/aromatic N) is 1. The van der Waals surface area contributed by atoms with Crippen LogP contribution in [0.3, 0.4) is 0 Å². The molecule has 2 aliphatic carbocycles. The Labute approximate surface area is 294 Å². The molecule has 1 heterocycles. The van der Waals surface area contributed by atoms with Gasteiger partial charge in [0, 0.05) is 37.4 Å². The van der Waals surface area contributed by atoms with Crippen molar-refractivity contribution in [1.82, 2.24) is 20.5 Å². The lowest BCUT2D eigenvalue weighted by molar-refractivity contribution is -0.137. The number of thiol groups is 1. The second-order valence-corrected chi connectivity index (χ2v) is 12.1. The van der Waals surface area contributed by atoms with Crippen LogP contribution < -0.4 is 37.7 Å². The lowest BCUT2D eigenvalue weighted by atomic mass is 9.65. The van der Waals surface area contributed by atoms with E-state index >= 15 is 0 Å². The predicted molar refractivity (Wildman–Crippen MR) is 197 cm³/mol. The highest BCUT2D eigenvalue weighted by molar-refractivity contribution is 8.01. The number of carbonyl (C=O) groups is 5. The van der Waals surface area contributed by atoms with E-state index in [-0.39, 0.29) is 53.0 Å². The molecule has 3 rings (SSSR count). The molecule has 5 atom stereocenters. The van der Waals surface area contributed by atoms with Crippen LogP contribution >= 0.6 is 24.6 Å². The maximum atomic E-state index is 12.4. The number of nitrogens with one attached hydrogen (secondary N) is 4. The molecule has 0 aliphatic heterocycles. The largest absolute Gasteiger partial charge is 0.401 e. The maximum absolute atomic E-state index is 12.4. The summed E-state index contributed by atoms with van der Waals surface area (Å²) in [5, 5.41) is 15.9. The fourth-order valence-electron chi connectivity index (χ4n) is 5.89. The van der Waals surface area contributed by atoms with Crippen molar-refractivity contribution in [3.8, 4) is 0 Å². The molecule has 1 aromatic rings. The fraction of sp³-hybridized carbons (Fsp3) is 0.576. The monoisotopic (exact) mass is 709 g/mol. The molecule has 2 fully saturated rings. The molecular weight excluding hydrogens is 655 g/mol. The Morgan fingerprint density at radius 1 is 1.17 bits per heavy atom. The molecular formula is C33H55N7O6S2. The minimum atomic E-state index is -0.628. The Hall–Kier alpha value is -3.56. The molecule has 0 spiro atoms. The summed E-state index contributed by atoms with van der Waals surface area (Å²) in [4.78, 5) is 69.7. The molecule has 0 radical (unpaired) electrons. The van der Waals surface area contributed by atoms with Gasteiger partial charge in [0.2, 0.25) is 18.1 Å². The number of rotatable bonds is 13. The van der Waals surface area contributed by atoms with Crippen molar-refractivity contribution >= 4 is 60.2 Å². The minimum Gasteiger partial charge on any atom is -0.401 e. The van der Waals surface area contributed by atoms with E-state index in [4.69, 9.17) is 10.9 Å². The number of aromatic nitrogens is 1. The van der Waals surface area contributed by atoms with Crippen LogP contribution in [0.2, 0.25) is 0 Å². The molecule has 0 aromatic carbocycles. The van der Waals surface area contributed by atoms with Gasteiger partial charge in [-0.25, -0.2) is 0 Å². The smallest absolute Gasteiger partial charge is 0.287 e. The van der Waals surface area contributed by atoms with Gasteiger partial charge in [-0.2, -0.15) is 12.6 Å². The van der Waals surface area contributed by atoms with E-state index in [1.54, 1.807) is 25.4 Å². The average molecular weight is 710 g/mol. The van der Waals surface area contributed by atoms with Crippen molar-refractivity contribution in [3.63, 3.8) is 0 Å². The zero-order chi connectivity index (χ0) is 36.8. The van der Waals surface area contributed by atoms with E-state index in [2.05, 4.69) is 54.0 Å². The van der Waals surface area contributed by atoms with Crippen molar-refractivity contribution in [2.45, 2.75) is 90.8 Å². The second kappa shape index (κ2) is 24.6. The summed E-state index contributed by atoms with van der Waals surface area (Å²) in [7, 11) is 1.40. The van der Waals surface area contributed by atoms with Gasteiger partial charge in [0.05, 0.1) is 0 Å². The van der Waals surface area contributed by atoms with E-state index < -0.39 is 11.7 Å². The van der Waals surface area contributed by atoms with Crippen molar-refractivity contribution in [1.29, 1.82) is 0 Å². The summed E-state index contributed by atoms with van der Waals surface area (Å²) in [5.41, 5.74) is 5.93. The molecule has 1 aromatic heterocycles. The molecule has 48 heavy (non-hydrogen) atoms. The van der Waals surface area contributed by atoms with E-state index in [1.807, 2.05) is 6.92 Å². The van der Waals surface area contributed by atoms with Gasteiger partial charge in [-0.15, -0.1) is 13.2 Å². The van der Waals surface area contributed by atoms with E-state index in [1.165, 1.54) is 49.8 Å². The van der Waals surface area contributed by atoms with Crippen LogP contribution in [0, 0.1) is 17.8 Å². The Bertz CT molecular complexity index is 1290. The Balaban J connectivity index is 0.000000849. The fourth-order valence-corrected chi connectivity index (χ4v) is 6.35. The van der Waals surface area contributed by atoms with Crippen molar-refractivity contribution in [3.05, 3.63) is 52.4 Å². The van der Waals surface area contributed by atoms with Gasteiger partial charge in [0.25, 0.3) is 17.4 Å². The highest BCUT2D eigenvalue weighted by Gasteiger charge is 2.38. The third-order valence-electron chi connectivity index (χ3n) is 8.18. The first-order valence-electron chi connectivity index (χ1n) is 16.0. The van der Waals surface area contributed by atoms with Crippen LogP contribution in [0.5, 0.6) is 0 Å².